The number of ketones is 2. The lowest BCUT2D eigenvalue weighted by atomic mass is 9.77. The van der Waals surface area contributed by atoms with Gasteiger partial charge in [-0.15, -0.1) is 0 Å². The third kappa shape index (κ3) is 2.61. The SMILES string of the molecule is COc1ccc(C(=O)[C@@H]2[C@@H]3[C@H](C(=O)[C@H]4OC[C@@H]3O4)[C@H]3C=Cc4ccccc4N32)c(OC)c1. The highest BCUT2D eigenvalue weighted by Crippen LogP contribution is 2.51. The van der Waals surface area contributed by atoms with Crippen LogP contribution in [0.25, 0.3) is 6.08 Å². The topological polar surface area (TPSA) is 74.3 Å². The molecule has 4 aliphatic rings. The van der Waals surface area contributed by atoms with E-state index in [1.807, 2.05) is 36.4 Å². The van der Waals surface area contributed by atoms with E-state index >= 15 is 0 Å². The van der Waals surface area contributed by atoms with Crippen LogP contribution in [-0.2, 0) is 14.3 Å². The molecule has 3 fully saturated rings. The molecule has 3 saturated heterocycles. The van der Waals surface area contributed by atoms with Crippen LogP contribution in [0.3, 0.4) is 0 Å². The van der Waals surface area contributed by atoms with Crippen molar-refractivity contribution < 1.29 is 28.5 Å². The van der Waals surface area contributed by atoms with Crippen molar-refractivity contribution in [3.05, 3.63) is 59.7 Å². The molecule has 2 aromatic carbocycles. The smallest absolute Gasteiger partial charge is 0.218 e. The number of para-hydroxylation sites is 1. The first-order chi connectivity index (χ1) is 15.6. The number of nitrogens with zero attached hydrogens (tertiary/aromatic N) is 1. The van der Waals surface area contributed by atoms with Crippen LogP contribution in [0.15, 0.2) is 48.5 Å². The largest absolute Gasteiger partial charge is 0.497 e. The zero-order valence-corrected chi connectivity index (χ0v) is 17.8. The van der Waals surface area contributed by atoms with Gasteiger partial charge in [-0.3, -0.25) is 9.59 Å². The lowest BCUT2D eigenvalue weighted by molar-refractivity contribution is -0.163. The van der Waals surface area contributed by atoms with Gasteiger partial charge in [0.2, 0.25) is 6.29 Å². The molecule has 0 amide bonds. The minimum atomic E-state index is -0.835. The molecular formula is C25H23NO6. The summed E-state index contributed by atoms with van der Waals surface area (Å²) >= 11 is 0. The molecule has 6 rings (SSSR count). The number of rotatable bonds is 4. The maximum atomic E-state index is 14.1. The summed E-state index contributed by atoms with van der Waals surface area (Å²) in [5.41, 5.74) is 2.43. The lowest BCUT2D eigenvalue weighted by Crippen LogP contribution is -2.48. The zero-order chi connectivity index (χ0) is 22.0. The number of anilines is 1. The summed E-state index contributed by atoms with van der Waals surface area (Å²) in [6, 6.07) is 12.3. The maximum Gasteiger partial charge on any atom is 0.218 e. The van der Waals surface area contributed by atoms with E-state index in [9.17, 15) is 9.59 Å². The number of Topliss-reactive ketones (excluding diaryl/α,β-unsaturated/α-hetero) is 2. The fourth-order valence-corrected chi connectivity index (χ4v) is 5.74. The number of methoxy groups -OCH3 is 2. The summed E-state index contributed by atoms with van der Waals surface area (Å²) in [6.07, 6.45) is 2.94. The summed E-state index contributed by atoms with van der Waals surface area (Å²) in [6.45, 7) is 0.313. The van der Waals surface area contributed by atoms with E-state index in [4.69, 9.17) is 18.9 Å². The van der Waals surface area contributed by atoms with Crippen LogP contribution in [0.2, 0.25) is 0 Å². The Bertz CT molecular complexity index is 1140. The first kappa shape index (κ1) is 19.5. The van der Waals surface area contributed by atoms with Crippen LogP contribution in [0, 0.1) is 11.8 Å². The molecule has 7 nitrogen and oxygen atoms in total. The number of benzene rings is 2. The monoisotopic (exact) mass is 433 g/mol. The summed E-state index contributed by atoms with van der Waals surface area (Å²) in [5, 5.41) is 0. The molecule has 2 aromatic rings. The van der Waals surface area contributed by atoms with Gasteiger partial charge in [0.1, 0.15) is 11.5 Å². The molecule has 7 heteroatoms. The van der Waals surface area contributed by atoms with Crippen LogP contribution in [0.4, 0.5) is 5.69 Å². The quantitative estimate of drug-likeness (QED) is 0.687. The average Bonchev–Trinajstić information content (AvgIpc) is 3.43. The van der Waals surface area contributed by atoms with E-state index in [2.05, 4.69) is 4.90 Å². The molecule has 0 spiro atoms. The van der Waals surface area contributed by atoms with Crippen LogP contribution in [-0.4, -0.2) is 56.9 Å². The molecule has 164 valence electrons. The van der Waals surface area contributed by atoms with Crippen LogP contribution in [0.5, 0.6) is 11.5 Å². The summed E-state index contributed by atoms with van der Waals surface area (Å²) in [4.78, 5) is 29.5. The average molecular weight is 433 g/mol. The van der Waals surface area contributed by atoms with Gasteiger partial charge in [-0.2, -0.15) is 0 Å². The van der Waals surface area contributed by atoms with Crippen molar-refractivity contribution >= 4 is 23.3 Å². The maximum absolute atomic E-state index is 14.1. The number of hydrogen-bond acceptors (Lipinski definition) is 7. The molecule has 32 heavy (non-hydrogen) atoms. The first-order valence-corrected chi connectivity index (χ1v) is 10.7. The molecule has 0 aromatic heterocycles. The van der Waals surface area contributed by atoms with Gasteiger partial charge in [0.15, 0.2) is 11.6 Å². The third-order valence-corrected chi connectivity index (χ3v) is 7.10. The van der Waals surface area contributed by atoms with Crippen molar-refractivity contribution in [2.24, 2.45) is 11.8 Å². The zero-order valence-electron chi connectivity index (χ0n) is 17.8. The Kier molecular flexibility index (Phi) is 4.38. The van der Waals surface area contributed by atoms with E-state index in [0.717, 1.165) is 11.3 Å². The molecule has 0 aliphatic carbocycles. The molecule has 4 aliphatic heterocycles. The van der Waals surface area contributed by atoms with Gasteiger partial charge in [0, 0.05) is 17.7 Å². The van der Waals surface area contributed by atoms with E-state index in [0.29, 0.717) is 23.7 Å². The Morgan fingerprint density at radius 1 is 1.12 bits per heavy atom. The summed E-state index contributed by atoms with van der Waals surface area (Å²) in [5.74, 6) is 0.174. The Morgan fingerprint density at radius 2 is 1.97 bits per heavy atom. The molecule has 4 heterocycles. The van der Waals surface area contributed by atoms with E-state index in [1.54, 1.807) is 25.3 Å². The molecule has 0 saturated carbocycles. The second-order valence-electron chi connectivity index (χ2n) is 8.54. The van der Waals surface area contributed by atoms with Crippen molar-refractivity contribution in [3.8, 4) is 11.5 Å². The van der Waals surface area contributed by atoms with E-state index in [1.165, 1.54) is 7.11 Å². The predicted octanol–water partition coefficient (Wildman–Crippen LogP) is 2.73. The van der Waals surface area contributed by atoms with Gasteiger partial charge in [0.25, 0.3) is 0 Å². The van der Waals surface area contributed by atoms with Crippen molar-refractivity contribution in [2.75, 3.05) is 25.7 Å². The van der Waals surface area contributed by atoms with Gasteiger partial charge in [-0.05, 0) is 23.8 Å². The number of hydrogen-bond donors (Lipinski definition) is 0. The minimum absolute atomic E-state index is 0.0835. The molecule has 0 unspecified atom stereocenters. The molecule has 6 atom stereocenters. The Labute approximate surface area is 185 Å². The standard InChI is InChI=1S/C25H23NO6/c1-29-14-8-9-15(18(11-14)30-2)23(27)22-21-19-12-31-25(32-19)24(28)20(21)17-10-7-13-5-3-4-6-16(13)26(17)22/h3-11,17,19-22,25H,12H2,1-2H3/t17-,19+,20-,21+,22+,25+/m1/s1. The van der Waals surface area contributed by atoms with Crippen LogP contribution in [0.1, 0.15) is 15.9 Å². The summed E-state index contributed by atoms with van der Waals surface area (Å²) < 4.78 is 22.4. The Hall–Kier alpha value is -3.16. The van der Waals surface area contributed by atoms with Gasteiger partial charge >= 0.3 is 0 Å². The van der Waals surface area contributed by atoms with Crippen LogP contribution >= 0.6 is 0 Å². The number of carbonyl (C=O) groups is 2. The lowest BCUT2D eigenvalue weighted by Gasteiger charge is -2.35. The number of fused-ring (bicyclic) bond motifs is 8. The van der Waals surface area contributed by atoms with E-state index < -0.39 is 12.3 Å². The summed E-state index contributed by atoms with van der Waals surface area (Å²) in [7, 11) is 3.11. The van der Waals surface area contributed by atoms with Crippen molar-refractivity contribution in [1.29, 1.82) is 0 Å². The van der Waals surface area contributed by atoms with Gasteiger partial charge in [0.05, 0.1) is 50.5 Å². The highest BCUT2D eigenvalue weighted by atomic mass is 16.7. The molecule has 2 bridgehead atoms. The highest BCUT2D eigenvalue weighted by molar-refractivity contribution is 6.07. The van der Waals surface area contributed by atoms with Crippen molar-refractivity contribution in [3.63, 3.8) is 0 Å². The predicted molar refractivity (Wildman–Crippen MR) is 116 cm³/mol. The van der Waals surface area contributed by atoms with Crippen molar-refractivity contribution in [1.82, 2.24) is 0 Å². The second-order valence-corrected chi connectivity index (χ2v) is 8.54. The molecule has 0 N–H and O–H groups in total. The van der Waals surface area contributed by atoms with E-state index in [-0.39, 0.29) is 35.5 Å². The Morgan fingerprint density at radius 3 is 2.78 bits per heavy atom. The Balaban J connectivity index is 1.51. The number of ether oxygens (including phenoxy) is 4. The normalized spacial score (nSPS) is 31.7. The van der Waals surface area contributed by atoms with Crippen molar-refractivity contribution in [2.45, 2.75) is 24.5 Å². The molecule has 0 radical (unpaired) electrons. The van der Waals surface area contributed by atoms with Gasteiger partial charge in [-0.25, -0.2) is 0 Å². The minimum Gasteiger partial charge on any atom is -0.497 e. The number of carbonyl (C=O) groups excluding carboxylic acids is 2. The fraction of sp³-hybridized carbons (Fsp3) is 0.360. The fourth-order valence-electron chi connectivity index (χ4n) is 5.74. The third-order valence-electron chi connectivity index (χ3n) is 7.10. The van der Waals surface area contributed by atoms with Gasteiger partial charge < -0.3 is 23.8 Å². The second kappa shape index (κ2) is 7.18. The van der Waals surface area contributed by atoms with Crippen LogP contribution < -0.4 is 14.4 Å². The highest BCUT2D eigenvalue weighted by Gasteiger charge is 2.63. The first-order valence-electron chi connectivity index (χ1n) is 10.7. The van der Waals surface area contributed by atoms with Gasteiger partial charge in [-0.1, -0.05) is 30.4 Å². The molecular weight excluding hydrogens is 410 g/mol.